The third-order valence-corrected chi connectivity index (χ3v) is 2.03. The van der Waals surface area contributed by atoms with E-state index < -0.39 is 0 Å². The molecule has 16 heavy (non-hydrogen) atoms. The van der Waals surface area contributed by atoms with Crippen molar-refractivity contribution in [2.45, 2.75) is 19.3 Å². The van der Waals surface area contributed by atoms with Gasteiger partial charge in [0, 0.05) is 6.42 Å². The minimum atomic E-state index is 0.587. The van der Waals surface area contributed by atoms with Crippen molar-refractivity contribution in [2.75, 3.05) is 6.61 Å². The second-order valence-electron chi connectivity index (χ2n) is 3.31. The molecule has 2 N–H and O–H groups in total. The normalized spacial score (nSPS) is 10.2. The Bertz CT molecular complexity index is 382. The van der Waals surface area contributed by atoms with E-state index in [1.807, 2.05) is 24.3 Å². The minimum absolute atomic E-state index is 0.587. The number of ether oxygens (including phenoxy) is 1. The highest BCUT2D eigenvalue weighted by Crippen LogP contribution is 2.12. The summed E-state index contributed by atoms with van der Waals surface area (Å²) in [6, 6.07) is 9.66. The molecule has 0 heterocycles. The fourth-order valence-corrected chi connectivity index (χ4v) is 1.27. The summed E-state index contributed by atoms with van der Waals surface area (Å²) in [6.45, 7) is 0.630. The molecule has 4 heteroatoms. The van der Waals surface area contributed by atoms with E-state index in [1.165, 1.54) is 0 Å². The van der Waals surface area contributed by atoms with Crippen LogP contribution in [0.4, 0.5) is 0 Å². The molecule has 0 spiro atoms. The van der Waals surface area contributed by atoms with Gasteiger partial charge in [-0.25, -0.2) is 0 Å². The Kier molecular flexibility index (Phi) is 5.49. The molecule has 0 atom stereocenters. The molecule has 0 aliphatic heterocycles. The van der Waals surface area contributed by atoms with Gasteiger partial charge in [0.05, 0.1) is 18.9 Å². The predicted molar refractivity (Wildman–Crippen MR) is 63.2 cm³/mol. The minimum Gasteiger partial charge on any atom is -0.494 e. The first-order valence-electron chi connectivity index (χ1n) is 5.20. The first-order valence-corrected chi connectivity index (χ1v) is 5.20. The van der Waals surface area contributed by atoms with E-state index >= 15 is 0 Å². The standard InChI is InChI=1S/C12H15N3O/c13-7-2-1-3-8-16-12-6-4-5-11(9-12)10-15-14/h4-6,9-10H,1-3,8,14H2. The van der Waals surface area contributed by atoms with Crippen LogP contribution in [-0.4, -0.2) is 12.8 Å². The highest BCUT2D eigenvalue weighted by molar-refractivity contribution is 5.79. The monoisotopic (exact) mass is 217 g/mol. The molecule has 0 saturated heterocycles. The van der Waals surface area contributed by atoms with Gasteiger partial charge in [0.2, 0.25) is 0 Å². The summed E-state index contributed by atoms with van der Waals surface area (Å²) in [7, 11) is 0. The number of hydrazone groups is 1. The van der Waals surface area contributed by atoms with Gasteiger partial charge >= 0.3 is 0 Å². The van der Waals surface area contributed by atoms with E-state index in [1.54, 1.807) is 6.21 Å². The van der Waals surface area contributed by atoms with Crippen LogP contribution in [0.1, 0.15) is 24.8 Å². The number of hydrogen-bond acceptors (Lipinski definition) is 4. The van der Waals surface area contributed by atoms with Crippen molar-refractivity contribution in [3.63, 3.8) is 0 Å². The number of nitriles is 1. The lowest BCUT2D eigenvalue weighted by molar-refractivity contribution is 0.307. The van der Waals surface area contributed by atoms with E-state index in [9.17, 15) is 0 Å². The molecular formula is C12H15N3O. The molecule has 1 aromatic carbocycles. The molecular weight excluding hydrogens is 202 g/mol. The number of rotatable bonds is 6. The van der Waals surface area contributed by atoms with Crippen LogP contribution in [0.3, 0.4) is 0 Å². The molecule has 0 bridgehead atoms. The topological polar surface area (TPSA) is 71.4 Å². The van der Waals surface area contributed by atoms with E-state index in [4.69, 9.17) is 15.8 Å². The van der Waals surface area contributed by atoms with Crippen molar-refractivity contribution in [3.05, 3.63) is 29.8 Å². The van der Waals surface area contributed by atoms with Gasteiger partial charge in [-0.1, -0.05) is 12.1 Å². The van der Waals surface area contributed by atoms with Crippen molar-refractivity contribution in [1.82, 2.24) is 0 Å². The van der Waals surface area contributed by atoms with Crippen LogP contribution in [0.5, 0.6) is 5.75 Å². The fourth-order valence-electron chi connectivity index (χ4n) is 1.27. The highest BCUT2D eigenvalue weighted by atomic mass is 16.5. The lowest BCUT2D eigenvalue weighted by Crippen LogP contribution is -1.97. The maximum atomic E-state index is 8.36. The van der Waals surface area contributed by atoms with Crippen LogP contribution in [0.2, 0.25) is 0 Å². The second kappa shape index (κ2) is 7.30. The van der Waals surface area contributed by atoms with Gasteiger partial charge in [-0.2, -0.15) is 10.4 Å². The lowest BCUT2D eigenvalue weighted by atomic mass is 10.2. The average molecular weight is 217 g/mol. The summed E-state index contributed by atoms with van der Waals surface area (Å²) < 4.78 is 5.53. The quantitative estimate of drug-likeness (QED) is 0.343. The summed E-state index contributed by atoms with van der Waals surface area (Å²) in [5, 5.41) is 11.8. The van der Waals surface area contributed by atoms with Gasteiger partial charge in [-0.3, -0.25) is 0 Å². The van der Waals surface area contributed by atoms with Gasteiger partial charge in [0.1, 0.15) is 5.75 Å². The van der Waals surface area contributed by atoms with Gasteiger partial charge in [-0.05, 0) is 30.5 Å². The Hall–Kier alpha value is -2.02. The van der Waals surface area contributed by atoms with Gasteiger partial charge in [0.15, 0.2) is 0 Å². The highest BCUT2D eigenvalue weighted by Gasteiger charge is 1.95. The SMILES string of the molecule is N#CCCCCOc1cccc(C=NN)c1. The van der Waals surface area contributed by atoms with Gasteiger partial charge in [0.25, 0.3) is 0 Å². The lowest BCUT2D eigenvalue weighted by Gasteiger charge is -2.05. The maximum absolute atomic E-state index is 8.36. The summed E-state index contributed by atoms with van der Waals surface area (Å²) in [5.74, 6) is 5.86. The van der Waals surface area contributed by atoms with Crippen LogP contribution in [-0.2, 0) is 0 Å². The molecule has 0 fully saturated rings. The molecule has 0 aliphatic rings. The Morgan fingerprint density at radius 1 is 1.44 bits per heavy atom. The Balaban J connectivity index is 2.36. The molecule has 0 aromatic heterocycles. The Morgan fingerprint density at radius 2 is 2.31 bits per heavy atom. The molecule has 84 valence electrons. The zero-order valence-electron chi connectivity index (χ0n) is 9.10. The van der Waals surface area contributed by atoms with E-state index in [0.29, 0.717) is 13.0 Å². The predicted octanol–water partition coefficient (Wildman–Crippen LogP) is 2.05. The fraction of sp³-hybridized carbons (Fsp3) is 0.333. The number of unbranched alkanes of at least 4 members (excludes halogenated alkanes) is 2. The molecule has 4 nitrogen and oxygen atoms in total. The van der Waals surface area contributed by atoms with E-state index in [2.05, 4.69) is 11.2 Å². The third kappa shape index (κ3) is 4.47. The summed E-state index contributed by atoms with van der Waals surface area (Å²) in [5.41, 5.74) is 0.914. The van der Waals surface area contributed by atoms with Crippen molar-refractivity contribution < 1.29 is 4.74 Å². The van der Waals surface area contributed by atoms with Gasteiger partial charge < -0.3 is 10.6 Å². The second-order valence-corrected chi connectivity index (χ2v) is 3.31. The van der Waals surface area contributed by atoms with Crippen LogP contribution in [0.15, 0.2) is 29.4 Å². The number of benzene rings is 1. The van der Waals surface area contributed by atoms with Crippen LogP contribution < -0.4 is 10.6 Å². The first-order chi connectivity index (χ1) is 7.86. The molecule has 0 saturated carbocycles. The van der Waals surface area contributed by atoms with Crippen molar-refractivity contribution in [2.24, 2.45) is 10.9 Å². The van der Waals surface area contributed by atoms with Crippen LogP contribution >= 0.6 is 0 Å². The Labute approximate surface area is 95.3 Å². The molecule has 1 aromatic rings. The smallest absolute Gasteiger partial charge is 0.119 e. The van der Waals surface area contributed by atoms with Crippen LogP contribution in [0.25, 0.3) is 0 Å². The third-order valence-electron chi connectivity index (χ3n) is 2.03. The zero-order valence-corrected chi connectivity index (χ0v) is 9.10. The van der Waals surface area contributed by atoms with Crippen molar-refractivity contribution in [3.8, 4) is 11.8 Å². The van der Waals surface area contributed by atoms with Crippen LogP contribution in [0, 0.1) is 11.3 Å². The average Bonchev–Trinajstić information content (AvgIpc) is 2.30. The van der Waals surface area contributed by atoms with Crippen molar-refractivity contribution >= 4 is 6.21 Å². The summed E-state index contributed by atoms with van der Waals surface area (Å²) >= 11 is 0. The molecule has 0 aliphatic carbocycles. The number of hydrogen-bond donors (Lipinski definition) is 1. The summed E-state index contributed by atoms with van der Waals surface area (Å²) in [4.78, 5) is 0. The molecule has 0 unspecified atom stereocenters. The first kappa shape index (κ1) is 12.1. The molecule has 0 radical (unpaired) electrons. The van der Waals surface area contributed by atoms with Gasteiger partial charge in [-0.15, -0.1) is 0 Å². The molecule has 1 rings (SSSR count). The number of nitrogens with two attached hydrogens (primary N) is 1. The molecule has 0 amide bonds. The maximum Gasteiger partial charge on any atom is 0.119 e. The largest absolute Gasteiger partial charge is 0.494 e. The van der Waals surface area contributed by atoms with E-state index in [-0.39, 0.29) is 0 Å². The van der Waals surface area contributed by atoms with Crippen molar-refractivity contribution in [1.29, 1.82) is 5.26 Å². The Morgan fingerprint density at radius 3 is 3.06 bits per heavy atom. The van der Waals surface area contributed by atoms with E-state index in [0.717, 1.165) is 24.2 Å². The summed E-state index contributed by atoms with van der Waals surface area (Å²) in [6.07, 6.45) is 3.93. The number of nitrogens with zero attached hydrogens (tertiary/aromatic N) is 2. The zero-order chi connectivity index (χ0) is 11.6.